The second-order valence-corrected chi connectivity index (χ2v) is 5.57. The van der Waals surface area contributed by atoms with Gasteiger partial charge in [0.25, 0.3) is 0 Å². The van der Waals surface area contributed by atoms with Gasteiger partial charge in [-0.1, -0.05) is 38.1 Å². The van der Waals surface area contributed by atoms with E-state index in [-0.39, 0.29) is 0 Å². The van der Waals surface area contributed by atoms with Crippen molar-refractivity contribution >= 4 is 0 Å². The van der Waals surface area contributed by atoms with Crippen molar-refractivity contribution in [1.29, 1.82) is 0 Å². The average molecular weight is 276 g/mol. The van der Waals surface area contributed by atoms with Crippen molar-refractivity contribution in [2.24, 2.45) is 0 Å². The number of hydrogen-bond donors (Lipinski definition) is 1. The van der Waals surface area contributed by atoms with Crippen LogP contribution in [0.1, 0.15) is 37.8 Å². The SMILES string of the molecule is CCN(CC)Cc1ccc(CNC2CCCOC2)cc1. The fourth-order valence-corrected chi connectivity index (χ4v) is 2.63. The third-order valence-corrected chi connectivity index (χ3v) is 4.08. The highest BCUT2D eigenvalue weighted by molar-refractivity contribution is 5.22. The Morgan fingerprint density at radius 2 is 1.85 bits per heavy atom. The molecule has 112 valence electrons. The van der Waals surface area contributed by atoms with Crippen molar-refractivity contribution in [3.8, 4) is 0 Å². The first-order valence-electron chi connectivity index (χ1n) is 7.93. The highest BCUT2D eigenvalue weighted by Crippen LogP contribution is 2.10. The van der Waals surface area contributed by atoms with Crippen LogP contribution in [0.3, 0.4) is 0 Å². The van der Waals surface area contributed by atoms with E-state index in [2.05, 4.69) is 48.3 Å². The minimum atomic E-state index is 0.527. The first-order valence-corrected chi connectivity index (χ1v) is 7.93. The highest BCUT2D eigenvalue weighted by Gasteiger charge is 2.12. The molecule has 1 saturated heterocycles. The summed E-state index contributed by atoms with van der Waals surface area (Å²) in [7, 11) is 0. The molecule has 3 heteroatoms. The lowest BCUT2D eigenvalue weighted by atomic mass is 10.1. The topological polar surface area (TPSA) is 24.5 Å². The Balaban J connectivity index is 1.78. The quantitative estimate of drug-likeness (QED) is 0.829. The second-order valence-electron chi connectivity index (χ2n) is 5.57. The molecule has 1 aliphatic rings. The maximum atomic E-state index is 5.49. The van der Waals surface area contributed by atoms with E-state index < -0.39 is 0 Å². The van der Waals surface area contributed by atoms with Crippen molar-refractivity contribution in [1.82, 2.24) is 10.2 Å². The van der Waals surface area contributed by atoms with Crippen molar-refractivity contribution in [2.75, 3.05) is 26.3 Å². The van der Waals surface area contributed by atoms with E-state index in [1.54, 1.807) is 0 Å². The fraction of sp³-hybridized carbons (Fsp3) is 0.647. The lowest BCUT2D eigenvalue weighted by Crippen LogP contribution is -2.36. The van der Waals surface area contributed by atoms with Crippen LogP contribution in [0.15, 0.2) is 24.3 Å². The molecule has 3 nitrogen and oxygen atoms in total. The molecule has 0 aliphatic carbocycles. The van der Waals surface area contributed by atoms with Gasteiger partial charge >= 0.3 is 0 Å². The molecule has 1 N–H and O–H groups in total. The van der Waals surface area contributed by atoms with Gasteiger partial charge in [0.1, 0.15) is 0 Å². The summed E-state index contributed by atoms with van der Waals surface area (Å²) in [6, 6.07) is 9.53. The Labute approximate surface area is 123 Å². The first-order chi connectivity index (χ1) is 9.81. The maximum absolute atomic E-state index is 5.49. The van der Waals surface area contributed by atoms with Crippen LogP contribution in [0, 0.1) is 0 Å². The molecule has 20 heavy (non-hydrogen) atoms. The zero-order valence-corrected chi connectivity index (χ0v) is 12.9. The molecule has 0 saturated carbocycles. The summed E-state index contributed by atoms with van der Waals surface area (Å²) < 4.78 is 5.49. The minimum Gasteiger partial charge on any atom is -0.380 e. The normalized spacial score (nSPS) is 19.4. The summed E-state index contributed by atoms with van der Waals surface area (Å²) >= 11 is 0. The van der Waals surface area contributed by atoms with Gasteiger partial charge in [-0.15, -0.1) is 0 Å². The van der Waals surface area contributed by atoms with Crippen molar-refractivity contribution < 1.29 is 4.74 Å². The largest absolute Gasteiger partial charge is 0.380 e. The smallest absolute Gasteiger partial charge is 0.0619 e. The predicted octanol–water partition coefficient (Wildman–Crippen LogP) is 2.80. The van der Waals surface area contributed by atoms with Crippen LogP contribution >= 0.6 is 0 Å². The molecular weight excluding hydrogens is 248 g/mol. The molecular formula is C17H28N2O. The summed E-state index contributed by atoms with van der Waals surface area (Å²) in [6.45, 7) is 10.4. The van der Waals surface area contributed by atoms with E-state index in [4.69, 9.17) is 4.74 Å². The third-order valence-electron chi connectivity index (χ3n) is 4.08. The van der Waals surface area contributed by atoms with Crippen molar-refractivity contribution in [3.63, 3.8) is 0 Å². The third kappa shape index (κ3) is 4.89. The molecule has 0 amide bonds. The number of hydrogen-bond acceptors (Lipinski definition) is 3. The standard InChI is InChI=1S/C17H28N2O/c1-3-19(4-2)13-16-9-7-15(8-10-16)12-18-17-6-5-11-20-14-17/h7-10,17-18H,3-6,11-14H2,1-2H3. The fourth-order valence-electron chi connectivity index (χ4n) is 2.63. The monoisotopic (exact) mass is 276 g/mol. The van der Waals surface area contributed by atoms with Crippen LogP contribution in [0.2, 0.25) is 0 Å². The summed E-state index contributed by atoms with van der Waals surface area (Å²) in [5, 5.41) is 3.59. The van der Waals surface area contributed by atoms with Gasteiger partial charge in [-0.2, -0.15) is 0 Å². The van der Waals surface area contributed by atoms with Crippen LogP contribution in [0.25, 0.3) is 0 Å². The zero-order valence-electron chi connectivity index (χ0n) is 12.9. The minimum absolute atomic E-state index is 0.527. The molecule has 1 unspecified atom stereocenters. The zero-order chi connectivity index (χ0) is 14.2. The summed E-state index contributed by atoms with van der Waals surface area (Å²) in [6.07, 6.45) is 2.42. The molecule has 1 fully saturated rings. The number of nitrogens with zero attached hydrogens (tertiary/aromatic N) is 1. The van der Waals surface area contributed by atoms with Gasteiger partial charge in [0.2, 0.25) is 0 Å². The molecule has 1 aliphatic heterocycles. The van der Waals surface area contributed by atoms with Crippen LogP contribution in [0.4, 0.5) is 0 Å². The van der Waals surface area contributed by atoms with Gasteiger partial charge in [-0.05, 0) is 37.1 Å². The lowest BCUT2D eigenvalue weighted by Gasteiger charge is -2.23. The molecule has 1 atom stereocenters. The van der Waals surface area contributed by atoms with Gasteiger partial charge in [-0.25, -0.2) is 0 Å². The molecule has 1 aromatic rings. The summed E-state index contributed by atoms with van der Waals surface area (Å²) in [5.41, 5.74) is 2.76. The molecule has 0 aromatic heterocycles. The lowest BCUT2D eigenvalue weighted by molar-refractivity contribution is 0.0699. The predicted molar refractivity (Wildman–Crippen MR) is 83.7 cm³/mol. The maximum Gasteiger partial charge on any atom is 0.0619 e. The van der Waals surface area contributed by atoms with Crippen LogP contribution < -0.4 is 5.32 Å². The van der Waals surface area contributed by atoms with E-state index in [0.717, 1.165) is 39.4 Å². The number of rotatable bonds is 7. The Morgan fingerprint density at radius 1 is 1.15 bits per heavy atom. The molecule has 1 heterocycles. The van der Waals surface area contributed by atoms with Crippen LogP contribution in [-0.2, 0) is 17.8 Å². The van der Waals surface area contributed by atoms with Gasteiger partial charge in [0.15, 0.2) is 0 Å². The van der Waals surface area contributed by atoms with Crippen molar-refractivity contribution in [2.45, 2.75) is 45.8 Å². The number of ether oxygens (including phenoxy) is 1. The van der Waals surface area contributed by atoms with E-state index >= 15 is 0 Å². The van der Waals surface area contributed by atoms with Gasteiger partial charge in [0, 0.05) is 25.7 Å². The Morgan fingerprint density at radius 3 is 2.45 bits per heavy atom. The molecule has 0 radical (unpaired) electrons. The molecule has 1 aromatic carbocycles. The highest BCUT2D eigenvalue weighted by atomic mass is 16.5. The van der Waals surface area contributed by atoms with Gasteiger partial charge in [0.05, 0.1) is 6.61 Å². The van der Waals surface area contributed by atoms with Crippen molar-refractivity contribution in [3.05, 3.63) is 35.4 Å². The number of nitrogens with one attached hydrogen (secondary N) is 1. The first kappa shape index (κ1) is 15.5. The van der Waals surface area contributed by atoms with E-state index in [9.17, 15) is 0 Å². The van der Waals surface area contributed by atoms with E-state index in [1.807, 2.05) is 0 Å². The van der Waals surface area contributed by atoms with Crippen LogP contribution in [0.5, 0.6) is 0 Å². The molecule has 0 bridgehead atoms. The van der Waals surface area contributed by atoms with E-state index in [0.29, 0.717) is 6.04 Å². The van der Waals surface area contributed by atoms with E-state index in [1.165, 1.54) is 24.0 Å². The Bertz CT molecular complexity index is 367. The van der Waals surface area contributed by atoms with Gasteiger partial charge in [-0.3, -0.25) is 4.90 Å². The average Bonchev–Trinajstić information content (AvgIpc) is 2.53. The summed E-state index contributed by atoms with van der Waals surface area (Å²) in [5.74, 6) is 0. The Kier molecular flexibility index (Phi) is 6.51. The van der Waals surface area contributed by atoms with Gasteiger partial charge < -0.3 is 10.1 Å². The molecule has 2 rings (SSSR count). The van der Waals surface area contributed by atoms with Crippen LogP contribution in [-0.4, -0.2) is 37.2 Å². The summed E-state index contributed by atoms with van der Waals surface area (Å²) in [4.78, 5) is 2.44. The number of benzene rings is 1. The molecule has 0 spiro atoms. The Hall–Kier alpha value is -0.900. The second kappa shape index (κ2) is 8.40.